The number of aliphatic imine (C=N–C) groups is 1. The van der Waals surface area contributed by atoms with Crippen LogP contribution in [-0.2, 0) is 9.59 Å². The molecule has 2 aliphatic heterocycles. The first-order valence-corrected chi connectivity index (χ1v) is 12.7. The molecule has 5 rings (SSSR count). The first-order valence-electron chi connectivity index (χ1n) is 12.7. The van der Waals surface area contributed by atoms with Gasteiger partial charge in [-0.15, -0.1) is 0 Å². The average Bonchev–Trinajstić information content (AvgIpc) is 3.66. The summed E-state index contributed by atoms with van der Waals surface area (Å²) in [5.74, 6) is -0.988. The predicted octanol–water partition coefficient (Wildman–Crippen LogP) is 3.66. The smallest absolute Gasteiger partial charge is 0.425 e. The van der Waals surface area contributed by atoms with Crippen LogP contribution in [-0.4, -0.2) is 52.6 Å². The maximum Gasteiger partial charge on any atom is 0.425 e. The molecule has 5 atom stereocenters. The molecule has 1 saturated carbocycles. The fourth-order valence-corrected chi connectivity index (χ4v) is 5.46. The van der Waals surface area contributed by atoms with Crippen LogP contribution in [0.1, 0.15) is 56.3 Å². The Morgan fingerprint density at radius 2 is 1.97 bits per heavy atom. The van der Waals surface area contributed by atoms with Crippen molar-refractivity contribution in [3.05, 3.63) is 53.7 Å². The lowest BCUT2D eigenvalue weighted by Crippen LogP contribution is -2.52. The molecule has 9 nitrogen and oxygen atoms in total. The SMILES string of the molecule is COc1ccc([C@H]([C@@H]2C[C@H]2C(=O)N[C@H]2C[C@H](C(F)(F)F)Oc3ccccc32)N2C(=O)CC(C)(C)N=C2N)cn1. The molecule has 1 aromatic heterocycles. The van der Waals surface area contributed by atoms with Crippen molar-refractivity contribution >= 4 is 17.8 Å². The summed E-state index contributed by atoms with van der Waals surface area (Å²) >= 11 is 0. The molecule has 0 spiro atoms. The average molecular weight is 546 g/mol. The number of halogens is 3. The van der Waals surface area contributed by atoms with E-state index in [0.29, 0.717) is 23.4 Å². The number of rotatable bonds is 6. The van der Waals surface area contributed by atoms with Crippen molar-refractivity contribution < 1.29 is 32.2 Å². The number of alkyl halides is 3. The summed E-state index contributed by atoms with van der Waals surface area (Å²) in [5.41, 5.74) is 6.75. The molecule has 0 unspecified atom stereocenters. The fraction of sp³-hybridized carbons (Fsp3) is 0.481. The Bertz CT molecular complexity index is 1300. The number of carbonyl (C=O) groups is 2. The highest BCUT2D eigenvalue weighted by atomic mass is 19.4. The Labute approximate surface area is 223 Å². The van der Waals surface area contributed by atoms with Crippen molar-refractivity contribution in [2.75, 3.05) is 7.11 Å². The topological polar surface area (TPSA) is 119 Å². The highest BCUT2D eigenvalue weighted by Crippen LogP contribution is 2.51. The Kier molecular flexibility index (Phi) is 6.68. The molecule has 1 aromatic carbocycles. The van der Waals surface area contributed by atoms with Crippen LogP contribution < -0.4 is 20.5 Å². The Hall–Kier alpha value is -3.83. The molecule has 2 aromatic rings. The third-order valence-electron chi connectivity index (χ3n) is 7.38. The van der Waals surface area contributed by atoms with Crippen LogP contribution in [0, 0.1) is 11.8 Å². The minimum atomic E-state index is -4.58. The normalized spacial score (nSPS) is 26.6. The van der Waals surface area contributed by atoms with Gasteiger partial charge in [0.15, 0.2) is 12.1 Å². The van der Waals surface area contributed by atoms with Crippen molar-refractivity contribution in [3.63, 3.8) is 0 Å². The number of benzene rings is 1. The van der Waals surface area contributed by atoms with Gasteiger partial charge in [-0.2, -0.15) is 13.2 Å². The van der Waals surface area contributed by atoms with Gasteiger partial charge in [-0.1, -0.05) is 24.3 Å². The number of hydrogen-bond acceptors (Lipinski definition) is 7. The van der Waals surface area contributed by atoms with Gasteiger partial charge in [-0.3, -0.25) is 14.5 Å². The van der Waals surface area contributed by atoms with Crippen LogP contribution >= 0.6 is 0 Å². The number of ether oxygens (including phenoxy) is 2. The first-order chi connectivity index (χ1) is 18.4. The van der Waals surface area contributed by atoms with Crippen LogP contribution in [0.4, 0.5) is 13.2 Å². The third kappa shape index (κ3) is 5.37. The van der Waals surface area contributed by atoms with Gasteiger partial charge < -0.3 is 20.5 Å². The molecule has 208 valence electrons. The number of methoxy groups -OCH3 is 1. The van der Waals surface area contributed by atoms with E-state index in [1.165, 1.54) is 18.1 Å². The second-order valence-electron chi connectivity index (χ2n) is 10.8. The zero-order valence-electron chi connectivity index (χ0n) is 21.7. The Morgan fingerprint density at radius 3 is 2.62 bits per heavy atom. The summed E-state index contributed by atoms with van der Waals surface area (Å²) in [5, 5.41) is 2.81. The number of hydrogen-bond donors (Lipinski definition) is 2. The predicted molar refractivity (Wildman–Crippen MR) is 135 cm³/mol. The van der Waals surface area contributed by atoms with Crippen molar-refractivity contribution in [1.29, 1.82) is 0 Å². The van der Waals surface area contributed by atoms with Crippen LogP contribution in [0.15, 0.2) is 47.6 Å². The Morgan fingerprint density at radius 1 is 1.23 bits per heavy atom. The fourth-order valence-electron chi connectivity index (χ4n) is 5.46. The molecular formula is C27H30F3N5O4. The molecular weight excluding hydrogens is 515 g/mol. The van der Waals surface area contributed by atoms with Crippen LogP contribution in [0.25, 0.3) is 0 Å². The van der Waals surface area contributed by atoms with Gasteiger partial charge in [-0.25, -0.2) is 9.98 Å². The zero-order valence-corrected chi connectivity index (χ0v) is 21.7. The molecule has 0 saturated heterocycles. The van der Waals surface area contributed by atoms with Gasteiger partial charge in [0.25, 0.3) is 0 Å². The Balaban J connectivity index is 1.40. The first kappa shape index (κ1) is 26.8. The number of nitrogens with zero attached hydrogens (tertiary/aromatic N) is 3. The van der Waals surface area contributed by atoms with Gasteiger partial charge in [0, 0.05) is 30.2 Å². The molecule has 0 bridgehead atoms. The number of nitrogens with one attached hydrogen (secondary N) is 1. The third-order valence-corrected chi connectivity index (χ3v) is 7.38. The summed E-state index contributed by atoms with van der Waals surface area (Å²) in [4.78, 5) is 36.8. The van der Waals surface area contributed by atoms with Crippen LogP contribution in [0.3, 0.4) is 0 Å². The number of pyridine rings is 1. The lowest BCUT2D eigenvalue weighted by atomic mass is 9.94. The van der Waals surface area contributed by atoms with Crippen LogP contribution in [0.2, 0.25) is 0 Å². The monoisotopic (exact) mass is 545 g/mol. The van der Waals surface area contributed by atoms with Crippen molar-refractivity contribution in [1.82, 2.24) is 15.2 Å². The quantitative estimate of drug-likeness (QED) is 0.572. The second kappa shape index (κ2) is 9.73. The van der Waals surface area contributed by atoms with E-state index in [0.717, 1.165) is 0 Å². The summed E-state index contributed by atoms with van der Waals surface area (Å²) in [6.45, 7) is 3.62. The van der Waals surface area contributed by atoms with Gasteiger partial charge in [0.1, 0.15) is 5.75 Å². The number of guanidine groups is 1. The van der Waals surface area contributed by atoms with Gasteiger partial charge in [-0.05, 0) is 37.8 Å². The van der Waals surface area contributed by atoms with E-state index < -0.39 is 48.1 Å². The van der Waals surface area contributed by atoms with Crippen molar-refractivity contribution in [2.24, 2.45) is 22.6 Å². The molecule has 2 amide bonds. The number of para-hydroxylation sites is 1. The minimum Gasteiger partial charge on any atom is -0.481 e. The molecule has 3 N–H and O–H groups in total. The second-order valence-corrected chi connectivity index (χ2v) is 10.8. The van der Waals surface area contributed by atoms with E-state index in [4.69, 9.17) is 15.2 Å². The van der Waals surface area contributed by atoms with E-state index in [-0.39, 0.29) is 30.0 Å². The minimum absolute atomic E-state index is 0.0505. The number of aromatic nitrogens is 1. The molecule has 3 heterocycles. The van der Waals surface area contributed by atoms with Crippen molar-refractivity contribution in [2.45, 2.75) is 63.0 Å². The number of fused-ring (bicyclic) bond motifs is 1. The number of carbonyl (C=O) groups excluding carboxylic acids is 2. The molecule has 0 radical (unpaired) electrons. The maximum atomic E-state index is 13.5. The standard InChI is InChI=1S/C27H30F3N5O4/c1-26(2)12-22(36)35(25(31)34-26)23(14-8-9-21(38-3)32-13-14)16-10-17(16)24(37)33-18-11-20(27(28,29)30)39-19-7-5-4-6-15(18)19/h4-9,13,16-18,20,23H,10-12H2,1-3H3,(H2,31,34)(H,33,37)/t16-,17-,18+,20-,23-/m1/s1. The highest BCUT2D eigenvalue weighted by Gasteiger charge is 2.54. The van der Waals surface area contributed by atoms with E-state index in [9.17, 15) is 22.8 Å². The largest absolute Gasteiger partial charge is 0.481 e. The van der Waals surface area contributed by atoms with E-state index in [1.54, 1.807) is 36.5 Å². The summed E-state index contributed by atoms with van der Waals surface area (Å²) in [7, 11) is 1.49. The van der Waals surface area contributed by atoms with Crippen molar-refractivity contribution in [3.8, 4) is 11.6 Å². The van der Waals surface area contributed by atoms with Crippen LogP contribution in [0.5, 0.6) is 11.6 Å². The molecule has 12 heteroatoms. The van der Waals surface area contributed by atoms with E-state index >= 15 is 0 Å². The van der Waals surface area contributed by atoms with Gasteiger partial charge in [0.2, 0.25) is 17.7 Å². The molecule has 1 fully saturated rings. The van der Waals surface area contributed by atoms with Gasteiger partial charge >= 0.3 is 6.18 Å². The van der Waals surface area contributed by atoms with Gasteiger partial charge in [0.05, 0.1) is 31.2 Å². The molecule has 3 aliphatic rings. The lowest BCUT2D eigenvalue weighted by Gasteiger charge is -2.38. The lowest BCUT2D eigenvalue weighted by molar-refractivity contribution is -0.201. The summed E-state index contributed by atoms with van der Waals surface area (Å²) in [6, 6.07) is 8.29. The molecule has 1 aliphatic carbocycles. The summed E-state index contributed by atoms with van der Waals surface area (Å²) < 4.78 is 51.0. The van der Waals surface area contributed by atoms with E-state index in [1.807, 2.05) is 13.8 Å². The maximum absolute atomic E-state index is 13.5. The summed E-state index contributed by atoms with van der Waals surface area (Å²) in [6.07, 6.45) is -4.93. The van der Waals surface area contributed by atoms with E-state index in [2.05, 4.69) is 15.3 Å². The highest BCUT2D eigenvalue weighted by molar-refractivity contribution is 5.99. The molecule has 39 heavy (non-hydrogen) atoms. The number of nitrogens with two attached hydrogens (primary N) is 1. The number of amides is 2. The zero-order chi connectivity index (χ0) is 28.1.